The zero-order valence-corrected chi connectivity index (χ0v) is 13.2. The lowest BCUT2D eigenvalue weighted by molar-refractivity contribution is -0.113. The molecular weight excluding hydrogens is 284 g/mol. The number of nitrogens with one attached hydrogen (secondary N) is 1. The third-order valence-electron chi connectivity index (χ3n) is 4.73. The van der Waals surface area contributed by atoms with Crippen molar-refractivity contribution in [2.75, 3.05) is 6.54 Å². The van der Waals surface area contributed by atoms with Crippen LogP contribution in [0.1, 0.15) is 51.0 Å². The number of hydrogen-bond acceptors (Lipinski definition) is 2. The van der Waals surface area contributed by atoms with Crippen LogP contribution in [-0.4, -0.2) is 18.4 Å². The van der Waals surface area contributed by atoms with Gasteiger partial charge in [0.2, 0.25) is 0 Å². The Bertz CT molecular complexity index is 506. The Kier molecular flexibility index (Phi) is 6.07. The summed E-state index contributed by atoms with van der Waals surface area (Å²) in [6.07, 6.45) is 7.58. The lowest BCUT2D eigenvalue weighted by Gasteiger charge is -2.21. The molecule has 1 aliphatic heterocycles. The molecule has 1 aromatic carbocycles. The van der Waals surface area contributed by atoms with E-state index in [9.17, 15) is 13.6 Å². The maximum absolute atomic E-state index is 13.5. The van der Waals surface area contributed by atoms with Crippen LogP contribution in [0.3, 0.4) is 0 Å². The topological polar surface area (TPSA) is 29.1 Å². The summed E-state index contributed by atoms with van der Waals surface area (Å²) in [4.78, 5) is 11.1. The fraction of sp³-hybridized carbons (Fsp3) is 0.611. The largest absolute Gasteiger partial charge is 0.305 e. The van der Waals surface area contributed by atoms with Gasteiger partial charge in [-0.1, -0.05) is 12.8 Å². The van der Waals surface area contributed by atoms with Crippen molar-refractivity contribution in [3.63, 3.8) is 0 Å². The van der Waals surface area contributed by atoms with Crippen molar-refractivity contribution in [3.05, 3.63) is 35.4 Å². The molecule has 2 rings (SSSR count). The smallest absolute Gasteiger partial charge is 0.139 e. The molecule has 2 unspecified atom stereocenters. The summed E-state index contributed by atoms with van der Waals surface area (Å²) < 4.78 is 26.6. The number of rotatable bonds is 6. The van der Waals surface area contributed by atoms with Crippen molar-refractivity contribution >= 4 is 6.29 Å². The molecule has 0 amide bonds. The van der Waals surface area contributed by atoms with Crippen LogP contribution in [0.15, 0.2) is 18.2 Å². The fourth-order valence-electron chi connectivity index (χ4n) is 3.17. The molecule has 1 aliphatic rings. The predicted molar refractivity (Wildman–Crippen MR) is 83.7 cm³/mol. The van der Waals surface area contributed by atoms with E-state index in [1.807, 2.05) is 6.92 Å². The van der Waals surface area contributed by atoms with Crippen LogP contribution in [0.25, 0.3) is 0 Å². The molecule has 1 heterocycles. The lowest BCUT2D eigenvalue weighted by atomic mass is 9.89. The van der Waals surface area contributed by atoms with Gasteiger partial charge in [0.1, 0.15) is 17.9 Å². The van der Waals surface area contributed by atoms with Crippen molar-refractivity contribution in [1.82, 2.24) is 5.32 Å². The van der Waals surface area contributed by atoms with Crippen LogP contribution in [0.2, 0.25) is 0 Å². The van der Waals surface area contributed by atoms with Gasteiger partial charge in [0.05, 0.1) is 5.54 Å². The van der Waals surface area contributed by atoms with Crippen molar-refractivity contribution in [2.24, 2.45) is 5.92 Å². The molecule has 0 aromatic heterocycles. The third kappa shape index (κ3) is 4.87. The van der Waals surface area contributed by atoms with E-state index in [4.69, 9.17) is 0 Å². The van der Waals surface area contributed by atoms with Gasteiger partial charge in [0, 0.05) is 0 Å². The van der Waals surface area contributed by atoms with Crippen LogP contribution < -0.4 is 5.32 Å². The maximum Gasteiger partial charge on any atom is 0.139 e. The highest BCUT2D eigenvalue weighted by Crippen LogP contribution is 2.26. The monoisotopic (exact) mass is 309 g/mol. The normalized spacial score (nSPS) is 25.7. The molecule has 1 fully saturated rings. The van der Waals surface area contributed by atoms with Gasteiger partial charge in [0.15, 0.2) is 0 Å². The summed E-state index contributed by atoms with van der Waals surface area (Å²) in [7, 11) is 0. The van der Waals surface area contributed by atoms with Gasteiger partial charge in [-0.25, -0.2) is 8.78 Å². The summed E-state index contributed by atoms with van der Waals surface area (Å²) in [6, 6.07) is 3.64. The van der Waals surface area contributed by atoms with Crippen molar-refractivity contribution in [2.45, 2.75) is 57.4 Å². The molecule has 0 bridgehead atoms. The van der Waals surface area contributed by atoms with Crippen LogP contribution in [-0.2, 0) is 11.2 Å². The van der Waals surface area contributed by atoms with Gasteiger partial charge in [0.25, 0.3) is 0 Å². The average molecular weight is 309 g/mol. The van der Waals surface area contributed by atoms with Gasteiger partial charge >= 0.3 is 0 Å². The molecular formula is C18H25F2NO. The highest BCUT2D eigenvalue weighted by Gasteiger charge is 2.27. The molecule has 0 aliphatic carbocycles. The first-order chi connectivity index (χ1) is 10.5. The van der Waals surface area contributed by atoms with E-state index in [0.29, 0.717) is 17.9 Å². The number of halogens is 2. The highest BCUT2D eigenvalue weighted by atomic mass is 19.1. The Balaban J connectivity index is 1.72. The molecule has 0 spiro atoms. The quantitative estimate of drug-likeness (QED) is 0.635. The van der Waals surface area contributed by atoms with Crippen molar-refractivity contribution in [3.8, 4) is 0 Å². The van der Waals surface area contributed by atoms with Gasteiger partial charge in [-0.2, -0.15) is 0 Å². The van der Waals surface area contributed by atoms with Crippen LogP contribution in [0.4, 0.5) is 8.78 Å². The Morgan fingerprint density at radius 1 is 1.32 bits per heavy atom. The first-order valence-corrected chi connectivity index (χ1v) is 8.18. The van der Waals surface area contributed by atoms with E-state index in [0.717, 1.165) is 57.4 Å². The molecule has 4 heteroatoms. The number of aryl methyl sites for hydroxylation is 1. The zero-order chi connectivity index (χ0) is 16.0. The van der Waals surface area contributed by atoms with E-state index in [2.05, 4.69) is 5.32 Å². The number of carbonyl (C=O) groups is 1. The highest BCUT2D eigenvalue weighted by molar-refractivity contribution is 5.63. The third-order valence-corrected chi connectivity index (χ3v) is 4.73. The average Bonchev–Trinajstić information content (AvgIpc) is 2.70. The lowest BCUT2D eigenvalue weighted by Crippen LogP contribution is -2.42. The van der Waals surface area contributed by atoms with Crippen molar-refractivity contribution < 1.29 is 13.6 Å². The van der Waals surface area contributed by atoms with Crippen LogP contribution >= 0.6 is 0 Å². The SMILES string of the molecule is CC1(C=O)CCC(CCCCc2cc(F)ccc2F)CCN1. The summed E-state index contributed by atoms with van der Waals surface area (Å²) in [5.41, 5.74) is 0.0930. The second kappa shape index (κ2) is 7.82. The van der Waals surface area contributed by atoms with Gasteiger partial charge in [-0.15, -0.1) is 0 Å². The summed E-state index contributed by atoms with van der Waals surface area (Å²) >= 11 is 0. The molecule has 1 aromatic rings. The molecule has 22 heavy (non-hydrogen) atoms. The Morgan fingerprint density at radius 3 is 2.91 bits per heavy atom. The predicted octanol–water partition coefficient (Wildman–Crippen LogP) is 4.02. The van der Waals surface area contributed by atoms with E-state index in [1.54, 1.807) is 0 Å². The van der Waals surface area contributed by atoms with E-state index in [-0.39, 0.29) is 17.2 Å². The molecule has 2 nitrogen and oxygen atoms in total. The molecule has 1 N–H and O–H groups in total. The minimum atomic E-state index is -0.376. The summed E-state index contributed by atoms with van der Waals surface area (Å²) in [5.74, 6) is -0.0761. The van der Waals surface area contributed by atoms with E-state index < -0.39 is 0 Å². The van der Waals surface area contributed by atoms with Gasteiger partial charge in [-0.05, 0) is 75.3 Å². The molecule has 122 valence electrons. The maximum atomic E-state index is 13.5. The first kappa shape index (κ1) is 17.1. The van der Waals surface area contributed by atoms with Crippen molar-refractivity contribution in [1.29, 1.82) is 0 Å². The number of unbranched alkanes of at least 4 members (excludes halogenated alkanes) is 1. The second-order valence-corrected chi connectivity index (χ2v) is 6.64. The molecule has 2 atom stereocenters. The Labute approximate surface area is 131 Å². The van der Waals surface area contributed by atoms with E-state index in [1.165, 1.54) is 12.1 Å². The summed E-state index contributed by atoms with van der Waals surface area (Å²) in [5, 5.41) is 3.31. The molecule has 1 saturated heterocycles. The Hall–Kier alpha value is -1.29. The molecule has 0 saturated carbocycles. The number of benzene rings is 1. The number of carbonyl (C=O) groups excluding carboxylic acids is 1. The van der Waals surface area contributed by atoms with E-state index >= 15 is 0 Å². The minimum absolute atomic E-state index is 0.318. The van der Waals surface area contributed by atoms with Crippen LogP contribution in [0, 0.1) is 17.6 Å². The van der Waals surface area contributed by atoms with Gasteiger partial charge in [-0.3, -0.25) is 0 Å². The zero-order valence-electron chi connectivity index (χ0n) is 13.2. The fourth-order valence-corrected chi connectivity index (χ4v) is 3.17. The second-order valence-electron chi connectivity index (χ2n) is 6.64. The molecule has 0 radical (unpaired) electrons. The van der Waals surface area contributed by atoms with Crippen LogP contribution in [0.5, 0.6) is 0 Å². The summed E-state index contributed by atoms with van der Waals surface area (Å²) in [6.45, 7) is 2.83. The first-order valence-electron chi connectivity index (χ1n) is 8.18. The van der Waals surface area contributed by atoms with Gasteiger partial charge < -0.3 is 10.1 Å². The minimum Gasteiger partial charge on any atom is -0.305 e. The standard InChI is InChI=1S/C18H25F2NO/c1-18(13-22)10-8-14(9-11-21-18)4-2-3-5-15-12-16(19)6-7-17(15)20/h6-7,12-14,21H,2-5,8-11H2,1H3. The number of hydrogen-bond donors (Lipinski definition) is 1. The number of aldehydes is 1. The Morgan fingerprint density at radius 2 is 2.14 bits per heavy atom.